The van der Waals surface area contributed by atoms with Gasteiger partial charge in [0.1, 0.15) is 0 Å². The van der Waals surface area contributed by atoms with Gasteiger partial charge >= 0.3 is 5.97 Å². The van der Waals surface area contributed by atoms with Gasteiger partial charge < -0.3 is 9.84 Å². The Hall–Kier alpha value is -0.480. The summed E-state index contributed by atoms with van der Waals surface area (Å²) in [6.07, 6.45) is 2.58. The Morgan fingerprint density at radius 1 is 1.92 bits per heavy atom. The van der Waals surface area contributed by atoms with Crippen molar-refractivity contribution < 1.29 is 14.6 Å². The number of esters is 1. The lowest BCUT2D eigenvalue weighted by Crippen LogP contribution is -2.06. The molecule has 0 aliphatic carbocycles. The Bertz CT molecular complexity index is 200. The lowest BCUT2D eigenvalue weighted by atomic mass is 10.3. The summed E-state index contributed by atoms with van der Waals surface area (Å²) in [4.78, 5) is 11.7. The topological polar surface area (TPSA) is 46.5 Å². The van der Waals surface area contributed by atoms with Crippen molar-refractivity contribution in [2.75, 3.05) is 13.2 Å². The summed E-state index contributed by atoms with van der Waals surface area (Å²) in [6.45, 7) is 2.30. The Labute approximate surface area is 75.8 Å². The summed E-state index contributed by atoms with van der Waals surface area (Å²) in [5.74, 6) is -0.265. The third-order valence-corrected chi connectivity index (χ3v) is 2.80. The highest BCUT2D eigenvalue weighted by atomic mass is 32.2. The van der Waals surface area contributed by atoms with Crippen LogP contribution in [0.25, 0.3) is 0 Å². The molecule has 68 valence electrons. The van der Waals surface area contributed by atoms with Crippen LogP contribution in [0.1, 0.15) is 13.3 Å². The van der Waals surface area contributed by atoms with Crippen molar-refractivity contribution in [1.82, 2.24) is 0 Å². The number of allylic oxidation sites excluding steroid dienone is 1. The molecule has 12 heavy (non-hydrogen) atoms. The Balaban J connectivity index is 2.40. The SMILES string of the molecule is CCOC(=O)C1=CCC(CO)S1. The maximum atomic E-state index is 11.1. The van der Waals surface area contributed by atoms with Gasteiger partial charge in [-0.2, -0.15) is 0 Å². The van der Waals surface area contributed by atoms with Crippen molar-refractivity contribution in [3.63, 3.8) is 0 Å². The summed E-state index contributed by atoms with van der Waals surface area (Å²) in [5, 5.41) is 8.93. The summed E-state index contributed by atoms with van der Waals surface area (Å²) < 4.78 is 4.81. The summed E-state index contributed by atoms with van der Waals surface area (Å²) in [5.41, 5.74) is 0. The summed E-state index contributed by atoms with van der Waals surface area (Å²) in [7, 11) is 0. The maximum absolute atomic E-state index is 11.1. The molecule has 0 fully saturated rings. The summed E-state index contributed by atoms with van der Waals surface area (Å²) >= 11 is 1.40. The highest BCUT2D eigenvalue weighted by Gasteiger charge is 2.22. The molecule has 3 nitrogen and oxygen atoms in total. The minimum absolute atomic E-state index is 0.115. The molecule has 0 radical (unpaired) electrons. The molecule has 1 heterocycles. The van der Waals surface area contributed by atoms with Gasteiger partial charge in [-0.15, -0.1) is 11.8 Å². The van der Waals surface area contributed by atoms with Gasteiger partial charge in [0.15, 0.2) is 0 Å². The first-order chi connectivity index (χ1) is 5.77. The van der Waals surface area contributed by atoms with E-state index in [-0.39, 0.29) is 17.8 Å². The molecule has 1 N–H and O–H groups in total. The van der Waals surface area contributed by atoms with Crippen molar-refractivity contribution in [2.24, 2.45) is 0 Å². The second-order valence-electron chi connectivity index (χ2n) is 2.45. The molecule has 0 aromatic carbocycles. The molecule has 1 aliphatic rings. The minimum Gasteiger partial charge on any atom is -0.462 e. The predicted molar refractivity (Wildman–Crippen MR) is 47.8 cm³/mol. The number of carbonyl (C=O) groups is 1. The van der Waals surface area contributed by atoms with Crippen LogP contribution < -0.4 is 0 Å². The number of aliphatic hydroxyl groups excluding tert-OH is 1. The number of ether oxygens (including phenoxy) is 1. The molecule has 1 rings (SSSR count). The first-order valence-corrected chi connectivity index (χ1v) is 4.80. The molecule has 1 aliphatic heterocycles. The van der Waals surface area contributed by atoms with Gasteiger partial charge in [-0.3, -0.25) is 0 Å². The van der Waals surface area contributed by atoms with Crippen LogP contribution in [-0.2, 0) is 9.53 Å². The van der Waals surface area contributed by atoms with Crippen LogP contribution in [0.4, 0.5) is 0 Å². The number of rotatable bonds is 3. The van der Waals surface area contributed by atoms with Crippen LogP contribution >= 0.6 is 11.8 Å². The third-order valence-electron chi connectivity index (χ3n) is 1.54. The van der Waals surface area contributed by atoms with E-state index in [0.29, 0.717) is 11.5 Å². The van der Waals surface area contributed by atoms with Crippen LogP contribution in [-0.4, -0.2) is 29.5 Å². The van der Waals surface area contributed by atoms with E-state index in [0.717, 1.165) is 6.42 Å². The zero-order chi connectivity index (χ0) is 8.97. The van der Waals surface area contributed by atoms with Crippen LogP contribution in [0.5, 0.6) is 0 Å². The zero-order valence-electron chi connectivity index (χ0n) is 6.95. The van der Waals surface area contributed by atoms with Gasteiger partial charge in [-0.1, -0.05) is 6.08 Å². The molecular weight excluding hydrogens is 176 g/mol. The number of carbonyl (C=O) groups excluding carboxylic acids is 1. The quantitative estimate of drug-likeness (QED) is 0.669. The molecule has 1 unspecified atom stereocenters. The van der Waals surface area contributed by atoms with Crippen molar-refractivity contribution in [1.29, 1.82) is 0 Å². The van der Waals surface area contributed by atoms with Crippen molar-refractivity contribution in [2.45, 2.75) is 18.6 Å². The molecular formula is C8H12O3S. The first kappa shape index (κ1) is 9.61. The maximum Gasteiger partial charge on any atom is 0.344 e. The van der Waals surface area contributed by atoms with E-state index < -0.39 is 0 Å². The highest BCUT2D eigenvalue weighted by Crippen LogP contribution is 2.32. The van der Waals surface area contributed by atoms with E-state index in [2.05, 4.69) is 0 Å². The van der Waals surface area contributed by atoms with E-state index in [1.54, 1.807) is 6.92 Å². The fraction of sp³-hybridized carbons (Fsp3) is 0.625. The molecule has 0 aromatic rings. The van der Waals surface area contributed by atoms with Crippen LogP contribution in [0, 0.1) is 0 Å². The van der Waals surface area contributed by atoms with Gasteiger partial charge in [0.25, 0.3) is 0 Å². The third kappa shape index (κ3) is 2.25. The number of hydrogen-bond donors (Lipinski definition) is 1. The van der Waals surface area contributed by atoms with Crippen molar-refractivity contribution >= 4 is 17.7 Å². The molecule has 0 amide bonds. The Morgan fingerprint density at radius 3 is 3.17 bits per heavy atom. The second kappa shape index (κ2) is 4.52. The van der Waals surface area contributed by atoms with Gasteiger partial charge in [-0.05, 0) is 13.3 Å². The highest BCUT2D eigenvalue weighted by molar-refractivity contribution is 8.04. The first-order valence-electron chi connectivity index (χ1n) is 3.92. The van der Waals surface area contributed by atoms with Gasteiger partial charge in [0.05, 0.1) is 18.1 Å². The average molecular weight is 188 g/mol. The molecule has 4 heteroatoms. The molecule has 0 spiro atoms. The standard InChI is InChI=1S/C8H12O3S/c1-2-11-8(10)7-4-3-6(5-9)12-7/h4,6,9H,2-3,5H2,1H3. The van der Waals surface area contributed by atoms with Crippen LogP contribution in [0.15, 0.2) is 11.0 Å². The Kier molecular flexibility index (Phi) is 3.62. The van der Waals surface area contributed by atoms with E-state index in [4.69, 9.17) is 9.84 Å². The molecule has 0 saturated heterocycles. The lowest BCUT2D eigenvalue weighted by Gasteiger charge is -2.04. The molecule has 0 aromatic heterocycles. The Morgan fingerprint density at radius 2 is 2.67 bits per heavy atom. The second-order valence-corrected chi connectivity index (χ2v) is 3.79. The van der Waals surface area contributed by atoms with Crippen molar-refractivity contribution in [3.8, 4) is 0 Å². The van der Waals surface area contributed by atoms with E-state index in [1.165, 1.54) is 11.8 Å². The largest absolute Gasteiger partial charge is 0.462 e. The van der Waals surface area contributed by atoms with E-state index >= 15 is 0 Å². The monoisotopic (exact) mass is 188 g/mol. The zero-order valence-corrected chi connectivity index (χ0v) is 7.76. The molecule has 0 saturated carbocycles. The fourth-order valence-electron chi connectivity index (χ4n) is 0.960. The van der Waals surface area contributed by atoms with E-state index in [1.807, 2.05) is 6.08 Å². The number of aliphatic hydroxyl groups is 1. The van der Waals surface area contributed by atoms with Gasteiger partial charge in [0, 0.05) is 5.25 Å². The number of thioether (sulfide) groups is 1. The average Bonchev–Trinajstić information content (AvgIpc) is 2.52. The summed E-state index contributed by atoms with van der Waals surface area (Å²) in [6, 6.07) is 0. The van der Waals surface area contributed by atoms with Crippen LogP contribution in [0.2, 0.25) is 0 Å². The predicted octanol–water partition coefficient (Wildman–Crippen LogP) is 0.931. The minimum atomic E-state index is -0.265. The molecule has 1 atom stereocenters. The van der Waals surface area contributed by atoms with Gasteiger partial charge in [0.2, 0.25) is 0 Å². The van der Waals surface area contributed by atoms with Crippen molar-refractivity contribution in [3.05, 3.63) is 11.0 Å². The fourth-order valence-corrected chi connectivity index (χ4v) is 1.93. The smallest absolute Gasteiger partial charge is 0.344 e. The van der Waals surface area contributed by atoms with Crippen LogP contribution in [0.3, 0.4) is 0 Å². The molecule has 0 bridgehead atoms. The van der Waals surface area contributed by atoms with Gasteiger partial charge in [-0.25, -0.2) is 4.79 Å². The normalized spacial score (nSPS) is 22.2. The lowest BCUT2D eigenvalue weighted by molar-refractivity contribution is -0.137. The van der Waals surface area contributed by atoms with E-state index in [9.17, 15) is 4.79 Å². The number of hydrogen-bond acceptors (Lipinski definition) is 4.